The number of anilines is 1. The van der Waals surface area contributed by atoms with Crippen LogP contribution in [0.3, 0.4) is 0 Å². The van der Waals surface area contributed by atoms with Crippen LogP contribution < -0.4 is 10.6 Å². The van der Waals surface area contributed by atoms with Crippen LogP contribution in [0.25, 0.3) is 0 Å². The number of benzene rings is 1. The van der Waals surface area contributed by atoms with Gasteiger partial charge in [-0.05, 0) is 55.4 Å². The molecule has 1 heterocycles. The Hall–Kier alpha value is -1.65. The van der Waals surface area contributed by atoms with Crippen molar-refractivity contribution >= 4 is 34.7 Å². The highest BCUT2D eigenvalue weighted by Crippen LogP contribution is 2.14. The molecule has 0 fully saturated rings. The topological polar surface area (TPSA) is 37.0 Å². The molecule has 0 radical (unpaired) electrons. The van der Waals surface area contributed by atoms with E-state index in [1.165, 1.54) is 0 Å². The van der Waals surface area contributed by atoms with Gasteiger partial charge in [0.1, 0.15) is 5.82 Å². The lowest BCUT2D eigenvalue weighted by molar-refractivity contribution is 0.925. The molecule has 5 heteroatoms. The number of pyridine rings is 1. The quantitative estimate of drug-likeness (QED) is 0.845. The molecule has 2 N–H and O–H groups in total. The second-order valence-corrected chi connectivity index (χ2v) is 5.39. The SMILES string of the molecule is Cc1cc(C)nc(NC(=S)NCc2ccccc2Cl)c1. The van der Waals surface area contributed by atoms with Crippen molar-refractivity contribution in [2.24, 2.45) is 0 Å². The first-order valence-electron chi connectivity index (χ1n) is 6.28. The molecule has 2 aromatic rings. The molecule has 104 valence electrons. The molecule has 20 heavy (non-hydrogen) atoms. The van der Waals surface area contributed by atoms with Crippen molar-refractivity contribution in [1.82, 2.24) is 10.3 Å². The summed E-state index contributed by atoms with van der Waals surface area (Å²) in [6, 6.07) is 11.7. The molecular formula is C15H16ClN3S. The zero-order valence-electron chi connectivity index (χ0n) is 11.4. The van der Waals surface area contributed by atoms with Gasteiger partial charge in [-0.25, -0.2) is 4.98 Å². The number of rotatable bonds is 3. The fourth-order valence-electron chi connectivity index (χ4n) is 1.88. The summed E-state index contributed by atoms with van der Waals surface area (Å²) in [5, 5.41) is 7.46. The van der Waals surface area contributed by atoms with Gasteiger partial charge in [-0.1, -0.05) is 29.8 Å². The van der Waals surface area contributed by atoms with Gasteiger partial charge in [0.25, 0.3) is 0 Å². The third-order valence-corrected chi connectivity index (χ3v) is 3.35. The molecule has 2 rings (SSSR count). The van der Waals surface area contributed by atoms with Crippen LogP contribution >= 0.6 is 23.8 Å². The minimum absolute atomic E-state index is 0.530. The Morgan fingerprint density at radius 1 is 1.25 bits per heavy atom. The average Bonchev–Trinajstić information content (AvgIpc) is 2.36. The van der Waals surface area contributed by atoms with E-state index < -0.39 is 0 Å². The molecule has 0 saturated carbocycles. The van der Waals surface area contributed by atoms with Crippen molar-refractivity contribution in [2.45, 2.75) is 20.4 Å². The number of aryl methyl sites for hydroxylation is 2. The Labute approximate surface area is 129 Å². The van der Waals surface area contributed by atoms with E-state index >= 15 is 0 Å². The molecule has 0 aliphatic carbocycles. The number of thiocarbonyl (C=S) groups is 1. The summed E-state index contributed by atoms with van der Waals surface area (Å²) in [6.45, 7) is 4.56. The van der Waals surface area contributed by atoms with Gasteiger partial charge in [0, 0.05) is 17.3 Å². The molecule has 0 bridgehead atoms. The van der Waals surface area contributed by atoms with Crippen LogP contribution in [-0.2, 0) is 6.54 Å². The normalized spacial score (nSPS) is 10.2. The van der Waals surface area contributed by atoms with Crippen LogP contribution in [0.4, 0.5) is 5.82 Å². The fraction of sp³-hybridized carbons (Fsp3) is 0.200. The van der Waals surface area contributed by atoms with Gasteiger partial charge in [0.05, 0.1) is 0 Å². The van der Waals surface area contributed by atoms with Crippen LogP contribution in [0.2, 0.25) is 5.02 Å². The molecule has 0 saturated heterocycles. The molecule has 3 nitrogen and oxygen atoms in total. The molecule has 0 amide bonds. The van der Waals surface area contributed by atoms with Crippen LogP contribution in [0.5, 0.6) is 0 Å². The standard InChI is InChI=1S/C15H16ClN3S/c1-10-7-11(2)18-14(8-10)19-15(20)17-9-12-5-3-4-6-13(12)16/h3-8H,9H2,1-2H3,(H2,17,18,19,20). The summed E-state index contributed by atoms with van der Waals surface area (Å²) in [4.78, 5) is 4.38. The minimum atomic E-state index is 0.530. The van der Waals surface area contributed by atoms with E-state index in [2.05, 4.69) is 15.6 Å². The average molecular weight is 306 g/mol. The molecule has 1 aromatic carbocycles. The molecule has 0 spiro atoms. The maximum atomic E-state index is 6.09. The molecule has 0 aliphatic rings. The minimum Gasteiger partial charge on any atom is -0.358 e. The van der Waals surface area contributed by atoms with E-state index in [1.54, 1.807) is 0 Å². The van der Waals surface area contributed by atoms with Gasteiger partial charge in [-0.2, -0.15) is 0 Å². The Morgan fingerprint density at radius 3 is 2.70 bits per heavy atom. The summed E-state index contributed by atoms with van der Waals surface area (Å²) in [6.07, 6.45) is 0. The summed E-state index contributed by atoms with van der Waals surface area (Å²) >= 11 is 11.4. The number of hydrogen-bond acceptors (Lipinski definition) is 2. The number of hydrogen-bond donors (Lipinski definition) is 2. The lowest BCUT2D eigenvalue weighted by Gasteiger charge is -2.11. The predicted molar refractivity (Wildman–Crippen MR) is 88.2 cm³/mol. The number of nitrogens with one attached hydrogen (secondary N) is 2. The number of halogens is 1. The van der Waals surface area contributed by atoms with Gasteiger partial charge in [0.2, 0.25) is 0 Å². The van der Waals surface area contributed by atoms with E-state index in [9.17, 15) is 0 Å². The van der Waals surface area contributed by atoms with Gasteiger partial charge in [-0.3, -0.25) is 0 Å². The molecule has 0 atom stereocenters. The van der Waals surface area contributed by atoms with Crippen molar-refractivity contribution in [3.63, 3.8) is 0 Å². The second kappa shape index (κ2) is 6.68. The third-order valence-electron chi connectivity index (χ3n) is 2.74. The number of aromatic nitrogens is 1. The Bertz CT molecular complexity index is 608. The Kier molecular flexibility index (Phi) is 4.93. The summed E-state index contributed by atoms with van der Waals surface area (Å²) < 4.78 is 0. The van der Waals surface area contributed by atoms with E-state index in [0.717, 1.165) is 27.7 Å². The lowest BCUT2D eigenvalue weighted by atomic mass is 10.2. The molecule has 1 aromatic heterocycles. The first kappa shape index (κ1) is 14.8. The van der Waals surface area contributed by atoms with Crippen molar-refractivity contribution in [1.29, 1.82) is 0 Å². The maximum absolute atomic E-state index is 6.09. The zero-order chi connectivity index (χ0) is 14.5. The van der Waals surface area contributed by atoms with Crippen molar-refractivity contribution in [3.05, 3.63) is 58.2 Å². The van der Waals surface area contributed by atoms with Crippen LogP contribution in [0.1, 0.15) is 16.8 Å². The number of nitrogens with zero attached hydrogens (tertiary/aromatic N) is 1. The summed E-state index contributed by atoms with van der Waals surface area (Å²) in [5.41, 5.74) is 3.11. The highest BCUT2D eigenvalue weighted by molar-refractivity contribution is 7.80. The van der Waals surface area contributed by atoms with E-state index in [0.29, 0.717) is 11.7 Å². The highest BCUT2D eigenvalue weighted by Gasteiger charge is 2.02. The van der Waals surface area contributed by atoms with Gasteiger partial charge in [0.15, 0.2) is 5.11 Å². The first-order valence-corrected chi connectivity index (χ1v) is 7.07. The van der Waals surface area contributed by atoms with Crippen molar-refractivity contribution < 1.29 is 0 Å². The van der Waals surface area contributed by atoms with E-state index in [1.807, 2.05) is 50.2 Å². The smallest absolute Gasteiger partial charge is 0.172 e. The van der Waals surface area contributed by atoms with Crippen LogP contribution in [0.15, 0.2) is 36.4 Å². The van der Waals surface area contributed by atoms with Crippen molar-refractivity contribution in [2.75, 3.05) is 5.32 Å². The van der Waals surface area contributed by atoms with Crippen molar-refractivity contribution in [3.8, 4) is 0 Å². The first-order chi connectivity index (χ1) is 9.54. The largest absolute Gasteiger partial charge is 0.358 e. The third kappa shape index (κ3) is 4.18. The van der Waals surface area contributed by atoms with Crippen LogP contribution in [0, 0.1) is 13.8 Å². The van der Waals surface area contributed by atoms with Crippen LogP contribution in [-0.4, -0.2) is 10.1 Å². The summed E-state index contributed by atoms with van der Waals surface area (Å²) in [5.74, 6) is 0.749. The lowest BCUT2D eigenvalue weighted by Crippen LogP contribution is -2.28. The van der Waals surface area contributed by atoms with Gasteiger partial charge < -0.3 is 10.6 Å². The zero-order valence-corrected chi connectivity index (χ0v) is 13.0. The summed E-state index contributed by atoms with van der Waals surface area (Å²) in [7, 11) is 0. The predicted octanol–water partition coefficient (Wildman–Crippen LogP) is 3.84. The van der Waals surface area contributed by atoms with Gasteiger partial charge in [-0.15, -0.1) is 0 Å². The Balaban J connectivity index is 1.94. The fourth-order valence-corrected chi connectivity index (χ4v) is 2.26. The molecule has 0 aliphatic heterocycles. The van der Waals surface area contributed by atoms with E-state index in [-0.39, 0.29) is 0 Å². The molecule has 0 unspecified atom stereocenters. The molecular weight excluding hydrogens is 290 g/mol. The Morgan fingerprint density at radius 2 is 2.00 bits per heavy atom. The van der Waals surface area contributed by atoms with E-state index in [4.69, 9.17) is 23.8 Å². The maximum Gasteiger partial charge on any atom is 0.172 e. The highest BCUT2D eigenvalue weighted by atomic mass is 35.5. The van der Waals surface area contributed by atoms with Gasteiger partial charge >= 0.3 is 0 Å². The second-order valence-electron chi connectivity index (χ2n) is 4.57. The monoisotopic (exact) mass is 305 g/mol.